The summed E-state index contributed by atoms with van der Waals surface area (Å²) in [4.78, 5) is 0. The number of nitrogen functional groups attached to an aromatic ring is 2. The summed E-state index contributed by atoms with van der Waals surface area (Å²) in [5, 5.41) is 0. The Kier molecular flexibility index (Phi) is 8.96. The van der Waals surface area contributed by atoms with Crippen molar-refractivity contribution in [1.29, 1.82) is 0 Å². The molecular weight excluding hydrogens is 528 g/mol. The number of rotatable bonds is 10. The fourth-order valence-electron chi connectivity index (χ4n) is 11.0. The lowest BCUT2D eigenvalue weighted by atomic mass is 9.44. The minimum atomic E-state index is -0.373. The third kappa shape index (κ3) is 6.14. The quantitative estimate of drug-likeness (QED) is 0.215. The molecule has 2 aromatic carbocycles. The molecule has 236 valence electrons. The van der Waals surface area contributed by atoms with Gasteiger partial charge in [0.25, 0.3) is 0 Å². The third-order valence-corrected chi connectivity index (χ3v) is 13.4. The summed E-state index contributed by atoms with van der Waals surface area (Å²) >= 11 is 0. The Morgan fingerprint density at radius 3 is 1.98 bits per heavy atom. The van der Waals surface area contributed by atoms with Crippen molar-refractivity contribution < 1.29 is 9.47 Å². The molecule has 4 N–H and O–H groups in total. The molecule has 43 heavy (non-hydrogen) atoms. The topological polar surface area (TPSA) is 70.5 Å². The van der Waals surface area contributed by atoms with E-state index in [1.54, 1.807) is 0 Å². The Hall–Kier alpha value is -2.36. The van der Waals surface area contributed by atoms with Crippen LogP contribution in [0.15, 0.2) is 48.5 Å². The molecular formula is C39H58N2O2. The molecule has 2 aromatic rings. The maximum Gasteiger partial charge on any atom is 0.243 e. The lowest BCUT2D eigenvalue weighted by Gasteiger charge is -2.61. The highest BCUT2D eigenvalue weighted by atomic mass is 16.7. The molecule has 4 saturated carbocycles. The second kappa shape index (κ2) is 12.6. The summed E-state index contributed by atoms with van der Waals surface area (Å²) in [5.41, 5.74) is 14.5. The van der Waals surface area contributed by atoms with Gasteiger partial charge < -0.3 is 20.9 Å². The molecule has 0 amide bonds. The molecule has 0 heterocycles. The molecule has 9 atom stereocenters. The van der Waals surface area contributed by atoms with Gasteiger partial charge >= 0.3 is 0 Å². The second-order valence-corrected chi connectivity index (χ2v) is 15.8. The summed E-state index contributed by atoms with van der Waals surface area (Å²) in [6, 6.07) is 15.2. The average molecular weight is 587 g/mol. The van der Waals surface area contributed by atoms with Crippen molar-refractivity contribution >= 4 is 11.4 Å². The van der Waals surface area contributed by atoms with Gasteiger partial charge in [-0.05, 0) is 153 Å². The van der Waals surface area contributed by atoms with E-state index in [0.717, 1.165) is 64.8 Å². The zero-order chi connectivity index (χ0) is 30.2. The summed E-state index contributed by atoms with van der Waals surface area (Å²) in [6.07, 6.45) is 18.1. The van der Waals surface area contributed by atoms with E-state index >= 15 is 0 Å². The molecule has 0 spiro atoms. The zero-order valence-electron chi connectivity index (χ0n) is 27.4. The van der Waals surface area contributed by atoms with Gasteiger partial charge in [0.05, 0.1) is 0 Å². The molecule has 4 aliphatic rings. The van der Waals surface area contributed by atoms with Gasteiger partial charge in [-0.15, -0.1) is 0 Å². The van der Waals surface area contributed by atoms with Gasteiger partial charge in [0, 0.05) is 17.3 Å². The van der Waals surface area contributed by atoms with Crippen LogP contribution < -0.4 is 20.9 Å². The lowest BCUT2D eigenvalue weighted by molar-refractivity contribution is -0.114. The molecule has 2 unspecified atom stereocenters. The van der Waals surface area contributed by atoms with E-state index in [9.17, 15) is 0 Å². The van der Waals surface area contributed by atoms with E-state index in [1.165, 1.54) is 77.0 Å². The van der Waals surface area contributed by atoms with Gasteiger partial charge in [-0.25, -0.2) is 0 Å². The van der Waals surface area contributed by atoms with E-state index in [2.05, 4.69) is 27.7 Å². The van der Waals surface area contributed by atoms with E-state index in [1.807, 2.05) is 48.5 Å². The number of anilines is 2. The lowest BCUT2D eigenvalue weighted by Crippen LogP contribution is -2.53. The molecule has 4 fully saturated rings. The molecule has 4 aliphatic carbocycles. The Balaban J connectivity index is 1.06. The Bertz CT molecular complexity index is 1150. The molecule has 0 saturated heterocycles. The standard InChI is InChI=1S/C39H58N2O2/c1-26(34-21-22-35-33-20-11-28-10-5-6-24-38(28,3)36(33)23-25-39(34,35)4)8-7-9-27(2)37(42-31-16-12-29(40)13-17-31)43-32-18-14-30(41)15-19-32/h12-19,26-28,33-37H,5-11,20-25,40-41H2,1-4H3/t26-,27?,28?,33+,34-,35+,36+,38+,39-/m1/s1. The zero-order valence-corrected chi connectivity index (χ0v) is 27.4. The Labute approximate surface area is 261 Å². The van der Waals surface area contributed by atoms with Crippen LogP contribution in [0.1, 0.15) is 111 Å². The smallest absolute Gasteiger partial charge is 0.243 e. The maximum atomic E-state index is 6.40. The van der Waals surface area contributed by atoms with Crippen LogP contribution in [-0.4, -0.2) is 6.29 Å². The van der Waals surface area contributed by atoms with Gasteiger partial charge in [0.2, 0.25) is 6.29 Å². The molecule has 6 rings (SSSR count). The fourth-order valence-corrected chi connectivity index (χ4v) is 11.0. The predicted molar refractivity (Wildman–Crippen MR) is 179 cm³/mol. The van der Waals surface area contributed by atoms with Crippen molar-refractivity contribution in [3.8, 4) is 11.5 Å². The van der Waals surface area contributed by atoms with Crippen LogP contribution in [0.2, 0.25) is 0 Å². The van der Waals surface area contributed by atoms with Crippen LogP contribution in [0.4, 0.5) is 11.4 Å². The summed E-state index contributed by atoms with van der Waals surface area (Å²) < 4.78 is 12.8. The van der Waals surface area contributed by atoms with Crippen LogP contribution in [0.3, 0.4) is 0 Å². The van der Waals surface area contributed by atoms with Crippen molar-refractivity contribution in [2.24, 2.45) is 52.3 Å². The summed E-state index contributed by atoms with van der Waals surface area (Å²) in [7, 11) is 0. The van der Waals surface area contributed by atoms with Crippen LogP contribution in [0, 0.1) is 52.3 Å². The van der Waals surface area contributed by atoms with Crippen LogP contribution in [-0.2, 0) is 0 Å². The van der Waals surface area contributed by atoms with Gasteiger partial charge in [0.15, 0.2) is 0 Å². The van der Waals surface area contributed by atoms with Crippen molar-refractivity contribution in [3.05, 3.63) is 48.5 Å². The number of fused-ring (bicyclic) bond motifs is 5. The molecule has 0 radical (unpaired) electrons. The van der Waals surface area contributed by atoms with Crippen molar-refractivity contribution in [3.63, 3.8) is 0 Å². The maximum absolute atomic E-state index is 6.40. The van der Waals surface area contributed by atoms with Gasteiger partial charge in [-0.2, -0.15) is 0 Å². The van der Waals surface area contributed by atoms with Crippen LogP contribution in [0.25, 0.3) is 0 Å². The first-order chi connectivity index (χ1) is 20.7. The van der Waals surface area contributed by atoms with Crippen molar-refractivity contribution in [2.45, 2.75) is 117 Å². The van der Waals surface area contributed by atoms with E-state index < -0.39 is 0 Å². The largest absolute Gasteiger partial charge is 0.455 e. The van der Waals surface area contributed by atoms with Gasteiger partial charge in [-0.3, -0.25) is 0 Å². The highest BCUT2D eigenvalue weighted by molar-refractivity contribution is 5.42. The highest BCUT2D eigenvalue weighted by Gasteiger charge is 2.60. The van der Waals surface area contributed by atoms with Crippen LogP contribution >= 0.6 is 0 Å². The van der Waals surface area contributed by atoms with E-state index in [0.29, 0.717) is 10.8 Å². The summed E-state index contributed by atoms with van der Waals surface area (Å²) in [6.45, 7) is 10.3. The van der Waals surface area contributed by atoms with E-state index in [4.69, 9.17) is 20.9 Å². The first kappa shape index (κ1) is 30.7. The SMILES string of the molecule is CC(CCC[C@@H](C)[C@H]1CC[C@H]2[C@@H]3CCC4CCCC[C@]4(C)[C@H]3CC[C@]12C)C(Oc1ccc(N)cc1)Oc1ccc(N)cc1. The Morgan fingerprint density at radius 1 is 0.698 bits per heavy atom. The number of hydrogen-bond acceptors (Lipinski definition) is 4. The average Bonchev–Trinajstić information content (AvgIpc) is 3.36. The second-order valence-electron chi connectivity index (χ2n) is 15.8. The molecule has 0 aromatic heterocycles. The fraction of sp³-hybridized carbons (Fsp3) is 0.692. The van der Waals surface area contributed by atoms with Crippen LogP contribution in [0.5, 0.6) is 11.5 Å². The first-order valence-corrected chi connectivity index (χ1v) is 17.7. The number of nitrogens with two attached hydrogens (primary N) is 2. The first-order valence-electron chi connectivity index (χ1n) is 17.7. The number of ether oxygens (including phenoxy) is 2. The molecule has 0 aliphatic heterocycles. The normalized spacial score (nSPS) is 35.0. The monoisotopic (exact) mass is 586 g/mol. The molecule has 0 bridgehead atoms. The van der Waals surface area contributed by atoms with Crippen molar-refractivity contribution in [2.75, 3.05) is 11.5 Å². The molecule has 4 heteroatoms. The predicted octanol–water partition coefficient (Wildman–Crippen LogP) is 10.1. The number of benzene rings is 2. The number of hydrogen-bond donors (Lipinski definition) is 2. The Morgan fingerprint density at radius 2 is 1.33 bits per heavy atom. The summed E-state index contributed by atoms with van der Waals surface area (Å²) in [5.74, 6) is 7.43. The van der Waals surface area contributed by atoms with Gasteiger partial charge in [-0.1, -0.05) is 53.4 Å². The highest BCUT2D eigenvalue weighted by Crippen LogP contribution is 2.68. The minimum Gasteiger partial charge on any atom is -0.455 e. The van der Waals surface area contributed by atoms with Gasteiger partial charge in [0.1, 0.15) is 11.5 Å². The minimum absolute atomic E-state index is 0.246. The van der Waals surface area contributed by atoms with Crippen molar-refractivity contribution in [1.82, 2.24) is 0 Å². The van der Waals surface area contributed by atoms with E-state index in [-0.39, 0.29) is 12.2 Å². The third-order valence-electron chi connectivity index (χ3n) is 13.4. The molecule has 4 nitrogen and oxygen atoms in total.